The number of pyridine rings is 1. The van der Waals surface area contributed by atoms with E-state index >= 15 is 0 Å². The van der Waals surface area contributed by atoms with Gasteiger partial charge in [0, 0.05) is 12.8 Å². The molecule has 0 saturated heterocycles. The molecule has 1 aromatic heterocycles. The monoisotopic (exact) mass is 530 g/mol. The number of aromatic nitrogens is 1. The van der Waals surface area contributed by atoms with Crippen LogP contribution in [0, 0.1) is 0 Å². The van der Waals surface area contributed by atoms with Gasteiger partial charge >= 0.3 is 12.4 Å². The van der Waals surface area contributed by atoms with E-state index in [9.17, 15) is 35.9 Å². The molecule has 0 unspecified atom stereocenters. The summed E-state index contributed by atoms with van der Waals surface area (Å²) in [6.45, 7) is 1.97. The minimum Gasteiger partial charge on any atom is -0.489 e. The Labute approximate surface area is 200 Å². The molecule has 194 valence electrons. The fourth-order valence-corrected chi connectivity index (χ4v) is 2.95. The zero-order valence-electron chi connectivity index (χ0n) is 18.3. The van der Waals surface area contributed by atoms with Gasteiger partial charge in [0.25, 0.3) is 5.56 Å². The van der Waals surface area contributed by atoms with Gasteiger partial charge in [0.2, 0.25) is 5.91 Å². The number of carbonyl (C=O) groups is 1. The molecule has 1 heterocycles. The predicted molar refractivity (Wildman–Crippen MR) is 114 cm³/mol. The molecular formula is C21H21ClF6N2O5. The minimum absolute atomic E-state index is 0.0691. The maximum absolute atomic E-state index is 13.1. The molecule has 0 aliphatic carbocycles. The first-order valence-corrected chi connectivity index (χ1v) is 10.5. The summed E-state index contributed by atoms with van der Waals surface area (Å²) in [6.07, 6.45) is -9.20. The Bertz CT molecular complexity index is 1070. The summed E-state index contributed by atoms with van der Waals surface area (Å²) < 4.78 is 94.5. The van der Waals surface area contributed by atoms with Crippen molar-refractivity contribution in [3.8, 4) is 5.75 Å². The highest BCUT2D eigenvalue weighted by atomic mass is 35.5. The van der Waals surface area contributed by atoms with Crippen molar-refractivity contribution in [1.29, 1.82) is 0 Å². The molecule has 0 fully saturated rings. The van der Waals surface area contributed by atoms with Crippen LogP contribution in [0.15, 0.2) is 35.3 Å². The van der Waals surface area contributed by atoms with Gasteiger partial charge in [-0.25, -0.2) is 0 Å². The molecule has 0 saturated carbocycles. The van der Waals surface area contributed by atoms with Crippen molar-refractivity contribution in [2.24, 2.45) is 0 Å². The van der Waals surface area contributed by atoms with Crippen molar-refractivity contribution in [2.75, 3.05) is 38.4 Å². The number of alkyl halides is 6. The van der Waals surface area contributed by atoms with Crippen LogP contribution in [0.2, 0.25) is 5.02 Å². The third-order valence-corrected chi connectivity index (χ3v) is 4.60. The molecule has 0 spiro atoms. The Balaban J connectivity index is 2.18. The first-order chi connectivity index (χ1) is 16.3. The summed E-state index contributed by atoms with van der Waals surface area (Å²) in [5.41, 5.74) is -3.86. The Hall–Kier alpha value is -2.77. The SMILES string of the molecule is CCOCCOCCOc1ccc(C(F)(F)F)cc1NC(=O)Cn1cc(C(F)(F)F)cc(Cl)c1=O. The zero-order valence-corrected chi connectivity index (χ0v) is 19.0. The highest BCUT2D eigenvalue weighted by Gasteiger charge is 2.33. The summed E-state index contributed by atoms with van der Waals surface area (Å²) >= 11 is 5.55. The summed E-state index contributed by atoms with van der Waals surface area (Å²) in [5.74, 6) is -1.23. The van der Waals surface area contributed by atoms with Crippen LogP contribution in [0.5, 0.6) is 5.75 Å². The first kappa shape index (κ1) is 28.5. The summed E-state index contributed by atoms with van der Waals surface area (Å²) in [7, 11) is 0. The van der Waals surface area contributed by atoms with Crippen LogP contribution in [-0.4, -0.2) is 43.5 Å². The van der Waals surface area contributed by atoms with Gasteiger partial charge in [0.1, 0.15) is 23.9 Å². The van der Waals surface area contributed by atoms with Crippen molar-refractivity contribution >= 4 is 23.2 Å². The van der Waals surface area contributed by atoms with Gasteiger partial charge in [0.05, 0.1) is 36.6 Å². The van der Waals surface area contributed by atoms with Crippen molar-refractivity contribution in [2.45, 2.75) is 25.8 Å². The molecule has 0 aliphatic rings. The largest absolute Gasteiger partial charge is 0.489 e. The normalized spacial score (nSPS) is 12.0. The molecule has 2 aromatic rings. The second kappa shape index (κ2) is 12.3. The molecule has 1 amide bonds. The number of carbonyl (C=O) groups excluding carboxylic acids is 1. The molecular weight excluding hydrogens is 510 g/mol. The van der Waals surface area contributed by atoms with Gasteiger partial charge < -0.3 is 24.1 Å². The molecule has 0 aliphatic heterocycles. The summed E-state index contributed by atoms with van der Waals surface area (Å²) in [5, 5.41) is 1.36. The van der Waals surface area contributed by atoms with Crippen LogP contribution in [-0.2, 0) is 33.2 Å². The second-order valence-corrected chi connectivity index (χ2v) is 7.33. The van der Waals surface area contributed by atoms with Gasteiger partial charge in [-0.15, -0.1) is 0 Å². The van der Waals surface area contributed by atoms with Gasteiger partial charge in [-0.1, -0.05) is 11.6 Å². The molecule has 0 radical (unpaired) electrons. The van der Waals surface area contributed by atoms with E-state index in [0.717, 1.165) is 12.1 Å². The number of amides is 1. The number of rotatable bonds is 11. The molecule has 1 N–H and O–H groups in total. The van der Waals surface area contributed by atoms with Crippen molar-refractivity contribution < 1.29 is 45.3 Å². The lowest BCUT2D eigenvalue weighted by molar-refractivity contribution is -0.138. The average Bonchev–Trinajstić information content (AvgIpc) is 2.75. The number of benzene rings is 1. The van der Waals surface area contributed by atoms with E-state index < -0.39 is 52.2 Å². The maximum Gasteiger partial charge on any atom is 0.417 e. The van der Waals surface area contributed by atoms with Crippen molar-refractivity contribution in [1.82, 2.24) is 4.57 Å². The molecule has 14 heteroatoms. The Kier molecular flexibility index (Phi) is 9.98. The first-order valence-electron chi connectivity index (χ1n) is 10.1. The average molecular weight is 531 g/mol. The lowest BCUT2D eigenvalue weighted by atomic mass is 10.1. The van der Waals surface area contributed by atoms with Crippen LogP contribution in [0.4, 0.5) is 32.0 Å². The van der Waals surface area contributed by atoms with Gasteiger partial charge in [-0.2, -0.15) is 26.3 Å². The smallest absolute Gasteiger partial charge is 0.417 e. The van der Waals surface area contributed by atoms with E-state index in [0.29, 0.717) is 36.1 Å². The summed E-state index contributed by atoms with van der Waals surface area (Å²) in [6, 6.07) is 2.72. The molecule has 1 aromatic carbocycles. The topological polar surface area (TPSA) is 78.8 Å². The van der Waals surface area contributed by atoms with E-state index in [1.54, 1.807) is 0 Å². The highest BCUT2D eigenvalue weighted by Crippen LogP contribution is 2.35. The third kappa shape index (κ3) is 8.75. The number of hydrogen-bond donors (Lipinski definition) is 1. The zero-order chi connectivity index (χ0) is 26.2. The van der Waals surface area contributed by atoms with Crippen LogP contribution < -0.4 is 15.6 Å². The fourth-order valence-electron chi connectivity index (χ4n) is 2.72. The van der Waals surface area contributed by atoms with E-state index in [1.165, 1.54) is 0 Å². The number of anilines is 1. The van der Waals surface area contributed by atoms with Gasteiger partial charge in [-0.3, -0.25) is 9.59 Å². The second-order valence-electron chi connectivity index (χ2n) is 6.92. The van der Waals surface area contributed by atoms with Gasteiger partial charge in [0.15, 0.2) is 0 Å². The molecule has 35 heavy (non-hydrogen) atoms. The molecule has 0 atom stereocenters. The van der Waals surface area contributed by atoms with E-state index in [2.05, 4.69) is 5.32 Å². The Morgan fingerprint density at radius 2 is 1.60 bits per heavy atom. The van der Waals surface area contributed by atoms with Gasteiger partial charge in [-0.05, 0) is 31.2 Å². The number of nitrogens with one attached hydrogen (secondary N) is 1. The highest BCUT2D eigenvalue weighted by molar-refractivity contribution is 6.30. The van der Waals surface area contributed by atoms with E-state index in [1.807, 2.05) is 6.92 Å². The van der Waals surface area contributed by atoms with Crippen LogP contribution in [0.3, 0.4) is 0 Å². The van der Waals surface area contributed by atoms with Crippen LogP contribution in [0.1, 0.15) is 18.1 Å². The molecule has 2 rings (SSSR count). The minimum atomic E-state index is -4.84. The number of nitrogens with zero attached hydrogens (tertiary/aromatic N) is 1. The lowest BCUT2D eigenvalue weighted by Crippen LogP contribution is -2.29. The maximum atomic E-state index is 13.1. The third-order valence-electron chi connectivity index (χ3n) is 4.33. The quantitative estimate of drug-likeness (QED) is 0.339. The molecule has 0 bridgehead atoms. The lowest BCUT2D eigenvalue weighted by Gasteiger charge is -2.16. The van der Waals surface area contributed by atoms with E-state index in [4.69, 9.17) is 25.8 Å². The Morgan fingerprint density at radius 1 is 0.971 bits per heavy atom. The molecule has 7 nitrogen and oxygen atoms in total. The van der Waals surface area contributed by atoms with Crippen LogP contribution in [0.25, 0.3) is 0 Å². The predicted octanol–water partition coefficient (Wildman–Crippen LogP) is 4.61. The summed E-state index contributed by atoms with van der Waals surface area (Å²) in [4.78, 5) is 24.5. The number of hydrogen-bond acceptors (Lipinski definition) is 5. The fraction of sp³-hybridized carbons (Fsp3) is 0.429. The van der Waals surface area contributed by atoms with Crippen molar-refractivity contribution in [3.05, 3.63) is 57.0 Å². The number of ether oxygens (including phenoxy) is 3. The van der Waals surface area contributed by atoms with Crippen molar-refractivity contribution in [3.63, 3.8) is 0 Å². The Morgan fingerprint density at radius 3 is 2.23 bits per heavy atom. The number of halogens is 7. The standard InChI is InChI=1S/C21H21ClF6N2O5/c1-2-33-5-6-34-7-8-35-17-4-3-13(20(23,24)25)10-16(17)29-18(31)12-30-11-14(21(26,27)28)9-15(22)19(30)32/h3-4,9-11H,2,5-8,12H2,1H3,(H,29,31). The van der Waals surface area contributed by atoms with E-state index in [-0.39, 0.29) is 25.6 Å². The van der Waals surface area contributed by atoms with Crippen LogP contribution >= 0.6 is 11.6 Å².